The molecule has 3 aliphatic heterocycles. The molecule has 3 aliphatic rings. The van der Waals surface area contributed by atoms with E-state index in [2.05, 4.69) is 121 Å². The summed E-state index contributed by atoms with van der Waals surface area (Å²) in [5.41, 5.74) is 15.6. The molecule has 0 saturated heterocycles. The summed E-state index contributed by atoms with van der Waals surface area (Å²) >= 11 is 0. The topological polar surface area (TPSA) is 130 Å². The highest BCUT2D eigenvalue weighted by Crippen LogP contribution is 2.53. The summed E-state index contributed by atoms with van der Waals surface area (Å²) in [7, 11) is 0. The van der Waals surface area contributed by atoms with Gasteiger partial charge in [0, 0.05) is 33.8 Å². The maximum Gasteiger partial charge on any atom is 0.151 e. The molecule has 0 spiro atoms. The number of hydrogen-bond acceptors (Lipinski definition) is 12. The first-order valence-corrected chi connectivity index (χ1v) is 26.3. The van der Waals surface area contributed by atoms with E-state index < -0.39 is 0 Å². The van der Waals surface area contributed by atoms with Crippen molar-refractivity contribution in [1.29, 1.82) is 0 Å². The van der Waals surface area contributed by atoms with E-state index in [1.165, 1.54) is 0 Å². The molecular formula is C66H42N12O3. The molecule has 16 rings (SSSR count). The Morgan fingerprint density at radius 3 is 0.679 bits per heavy atom. The lowest BCUT2D eigenvalue weighted by Gasteiger charge is -2.32. The number of fused-ring (bicyclic) bond motifs is 6. The summed E-state index contributed by atoms with van der Waals surface area (Å²) in [4.78, 5) is 6.63. The van der Waals surface area contributed by atoms with Crippen LogP contribution in [0.3, 0.4) is 0 Å². The van der Waals surface area contributed by atoms with E-state index in [4.69, 9.17) is 29.5 Å². The van der Waals surface area contributed by atoms with Gasteiger partial charge >= 0.3 is 0 Å². The highest BCUT2D eigenvalue weighted by molar-refractivity contribution is 5.89. The lowest BCUT2D eigenvalue weighted by atomic mass is 10.0. The van der Waals surface area contributed by atoms with E-state index >= 15 is 0 Å². The number of aromatic nitrogens is 9. The first-order valence-electron chi connectivity index (χ1n) is 26.3. The predicted molar refractivity (Wildman–Crippen MR) is 312 cm³/mol. The third-order valence-electron chi connectivity index (χ3n) is 14.7. The molecule has 15 heteroatoms. The number of hydrogen-bond donors (Lipinski definition) is 0. The van der Waals surface area contributed by atoms with Gasteiger partial charge in [-0.2, -0.15) is 0 Å². The molecule has 0 amide bonds. The van der Waals surface area contributed by atoms with Crippen molar-refractivity contribution in [1.82, 2.24) is 45.0 Å². The molecular weight excluding hydrogens is 1010 g/mol. The van der Waals surface area contributed by atoms with Crippen LogP contribution < -0.4 is 28.9 Å². The molecule has 0 saturated carbocycles. The molecule has 81 heavy (non-hydrogen) atoms. The van der Waals surface area contributed by atoms with Crippen LogP contribution >= 0.6 is 0 Å². The van der Waals surface area contributed by atoms with Gasteiger partial charge < -0.3 is 28.9 Å². The molecule has 15 nitrogen and oxygen atoms in total. The van der Waals surface area contributed by atoms with E-state index in [1.54, 1.807) is 14.0 Å². The minimum Gasteiger partial charge on any atom is -0.453 e. The summed E-state index contributed by atoms with van der Waals surface area (Å²) < 4.78 is 24.2. The van der Waals surface area contributed by atoms with Crippen LogP contribution in [0.1, 0.15) is 0 Å². The fourth-order valence-electron chi connectivity index (χ4n) is 10.8. The first kappa shape index (κ1) is 45.6. The Balaban J connectivity index is 0.732. The predicted octanol–water partition coefficient (Wildman–Crippen LogP) is 16.2. The Morgan fingerprint density at radius 2 is 0.444 bits per heavy atom. The van der Waals surface area contributed by atoms with Crippen molar-refractivity contribution in [2.75, 3.05) is 14.7 Å². The van der Waals surface area contributed by atoms with Crippen LogP contribution in [0.25, 0.3) is 50.8 Å². The lowest BCUT2D eigenvalue weighted by Crippen LogP contribution is -2.15. The van der Waals surface area contributed by atoms with Crippen LogP contribution in [-0.4, -0.2) is 45.0 Å². The molecule has 13 aromatic rings. The largest absolute Gasteiger partial charge is 0.453 e. The summed E-state index contributed by atoms with van der Waals surface area (Å²) in [6, 6.07) is 79.3. The van der Waals surface area contributed by atoms with Gasteiger partial charge in [0.2, 0.25) is 0 Å². The second kappa shape index (κ2) is 18.6. The van der Waals surface area contributed by atoms with Crippen molar-refractivity contribution in [3.63, 3.8) is 0 Å². The van der Waals surface area contributed by atoms with Gasteiger partial charge in [-0.15, -0.1) is 15.3 Å². The fourth-order valence-corrected chi connectivity index (χ4v) is 10.8. The smallest absolute Gasteiger partial charge is 0.151 e. The van der Waals surface area contributed by atoms with Crippen molar-refractivity contribution >= 4 is 51.2 Å². The quantitative estimate of drug-likeness (QED) is 0.136. The van der Waals surface area contributed by atoms with Gasteiger partial charge in [-0.05, 0) is 164 Å². The van der Waals surface area contributed by atoms with Crippen molar-refractivity contribution in [3.05, 3.63) is 255 Å². The van der Waals surface area contributed by atoms with Crippen LogP contribution in [0.15, 0.2) is 255 Å². The lowest BCUT2D eigenvalue weighted by molar-refractivity contribution is 0.477. The van der Waals surface area contributed by atoms with Crippen molar-refractivity contribution in [3.8, 4) is 85.3 Å². The average molecular weight is 1050 g/mol. The summed E-state index contributed by atoms with van der Waals surface area (Å²) in [6.45, 7) is 0. The molecule has 10 aromatic carbocycles. The molecule has 0 fully saturated rings. The minimum absolute atomic E-state index is 0.654. The number of ether oxygens (including phenoxy) is 3. The number of benzene rings is 10. The van der Waals surface area contributed by atoms with Gasteiger partial charge in [-0.25, -0.2) is 14.0 Å². The second-order valence-corrected chi connectivity index (χ2v) is 19.6. The molecule has 0 bridgehead atoms. The Bertz CT molecular complexity index is 3940. The maximum absolute atomic E-state index is 6.27. The Morgan fingerprint density at radius 1 is 0.235 bits per heavy atom. The first-order chi connectivity index (χ1) is 40.1. The van der Waals surface area contributed by atoms with Gasteiger partial charge in [0.25, 0.3) is 0 Å². The van der Waals surface area contributed by atoms with E-state index in [9.17, 15) is 0 Å². The van der Waals surface area contributed by atoms with E-state index in [1.807, 2.05) is 164 Å². The standard InChI is InChI=1S/C66H42N12O3/c1-7-19-61-55(13-1)76(56-14-2-8-20-62(56)79-61)49-31-25-46(26-32-49)73-40-52(67-70-73)43-37-44(53-41-74(71-68-53)47-27-33-50(34-28-47)77-57-15-3-9-21-63(57)80-64-22-10-4-16-58(64)77)39-45(38-43)54-42-75(72-69-54)48-29-35-51(36-30-48)78-59-17-5-11-23-65(59)81-66-24-12-6-18-60(66)78/h1-42H. The zero-order valence-electron chi connectivity index (χ0n) is 42.8. The summed E-state index contributed by atoms with van der Waals surface area (Å²) in [5, 5.41) is 28.2. The number of anilines is 9. The third-order valence-corrected chi connectivity index (χ3v) is 14.7. The van der Waals surface area contributed by atoms with Crippen molar-refractivity contribution < 1.29 is 14.2 Å². The van der Waals surface area contributed by atoms with Crippen molar-refractivity contribution in [2.24, 2.45) is 0 Å². The highest BCUT2D eigenvalue weighted by atomic mass is 16.5. The van der Waals surface area contributed by atoms with E-state index in [-0.39, 0.29) is 0 Å². The number of nitrogens with zero attached hydrogens (tertiary/aromatic N) is 12. The Kier molecular flexibility index (Phi) is 10.5. The SMILES string of the molecule is c1ccc2c(c1)Oc1ccccc1N2c1ccc(-n2cc(-c3cc(-c4cn(-c5ccc(N6c7ccccc7Oc7ccccc76)cc5)nn4)cc(-c4cn(-c5ccc(N6c7ccccc7Oc7ccccc76)cc5)nn4)c3)nn2)cc1. The fraction of sp³-hybridized carbons (Fsp3) is 0. The van der Waals surface area contributed by atoms with Crippen LogP contribution in [0.4, 0.5) is 51.2 Å². The number of para-hydroxylation sites is 12. The zero-order chi connectivity index (χ0) is 53.4. The van der Waals surface area contributed by atoms with Crippen LogP contribution in [0, 0.1) is 0 Å². The second-order valence-electron chi connectivity index (χ2n) is 19.6. The van der Waals surface area contributed by atoms with Gasteiger partial charge in [-0.3, -0.25) is 0 Å². The summed E-state index contributed by atoms with van der Waals surface area (Å²) in [6.07, 6.45) is 5.81. The molecule has 384 valence electrons. The number of rotatable bonds is 9. The van der Waals surface area contributed by atoms with Crippen LogP contribution in [-0.2, 0) is 0 Å². The molecule has 0 N–H and O–H groups in total. The van der Waals surface area contributed by atoms with E-state index in [0.29, 0.717) is 17.1 Å². The third kappa shape index (κ3) is 7.90. The molecule has 3 aromatic heterocycles. The van der Waals surface area contributed by atoms with Crippen LogP contribution in [0.5, 0.6) is 34.5 Å². The monoisotopic (exact) mass is 1050 g/mol. The van der Waals surface area contributed by atoms with Gasteiger partial charge in [0.1, 0.15) is 17.1 Å². The van der Waals surface area contributed by atoms with Gasteiger partial charge in [-0.1, -0.05) is 88.4 Å². The Hall–Kier alpha value is -11.6. The highest BCUT2D eigenvalue weighted by Gasteiger charge is 2.29. The maximum atomic E-state index is 6.27. The molecule has 0 aliphatic carbocycles. The normalized spacial score (nSPS) is 12.7. The van der Waals surface area contributed by atoms with Gasteiger partial charge in [0.15, 0.2) is 34.5 Å². The molecule has 0 radical (unpaired) electrons. The van der Waals surface area contributed by atoms with E-state index in [0.717, 1.165) is 119 Å². The minimum atomic E-state index is 0.654. The Labute approximate surface area is 463 Å². The zero-order valence-corrected chi connectivity index (χ0v) is 42.8. The van der Waals surface area contributed by atoms with Crippen LogP contribution in [0.2, 0.25) is 0 Å². The van der Waals surface area contributed by atoms with Gasteiger partial charge in [0.05, 0.1) is 69.8 Å². The molecule has 0 unspecified atom stereocenters. The summed E-state index contributed by atoms with van der Waals surface area (Å²) in [5.74, 6) is 4.76. The molecule has 0 atom stereocenters. The molecule has 6 heterocycles. The van der Waals surface area contributed by atoms with Crippen molar-refractivity contribution in [2.45, 2.75) is 0 Å². The average Bonchev–Trinajstić information content (AvgIpc) is 4.39.